The molecule has 0 aromatic heterocycles. The SMILES string of the molecule is CNCC(C)C(=O)c1ccccc1F. The van der Waals surface area contributed by atoms with Crippen LogP contribution in [-0.4, -0.2) is 19.4 Å². The number of hydrogen-bond donors (Lipinski definition) is 1. The zero-order valence-corrected chi connectivity index (χ0v) is 8.38. The molecule has 3 heteroatoms. The molecule has 0 bridgehead atoms. The van der Waals surface area contributed by atoms with Gasteiger partial charge in [-0.15, -0.1) is 0 Å². The first-order valence-corrected chi connectivity index (χ1v) is 4.60. The highest BCUT2D eigenvalue weighted by atomic mass is 19.1. The molecule has 0 radical (unpaired) electrons. The molecule has 0 aliphatic carbocycles. The van der Waals surface area contributed by atoms with Gasteiger partial charge in [-0.3, -0.25) is 4.79 Å². The lowest BCUT2D eigenvalue weighted by atomic mass is 9.99. The summed E-state index contributed by atoms with van der Waals surface area (Å²) < 4.78 is 13.2. The van der Waals surface area contributed by atoms with E-state index < -0.39 is 5.82 Å². The van der Waals surface area contributed by atoms with Crippen LogP contribution in [0.3, 0.4) is 0 Å². The second-order valence-corrected chi connectivity index (χ2v) is 3.30. The number of halogens is 1. The summed E-state index contributed by atoms with van der Waals surface area (Å²) in [6.45, 7) is 2.35. The highest BCUT2D eigenvalue weighted by Crippen LogP contribution is 2.12. The van der Waals surface area contributed by atoms with Crippen LogP contribution in [0.5, 0.6) is 0 Å². The van der Waals surface area contributed by atoms with Crippen LogP contribution >= 0.6 is 0 Å². The molecule has 0 aliphatic heterocycles. The van der Waals surface area contributed by atoms with Crippen molar-refractivity contribution in [2.24, 2.45) is 5.92 Å². The summed E-state index contributed by atoms with van der Waals surface area (Å²) in [6, 6.07) is 6.07. The first-order chi connectivity index (χ1) is 6.66. The second-order valence-electron chi connectivity index (χ2n) is 3.30. The van der Waals surface area contributed by atoms with Crippen LogP contribution in [0.4, 0.5) is 4.39 Å². The highest BCUT2D eigenvalue weighted by molar-refractivity contribution is 5.97. The Hall–Kier alpha value is -1.22. The van der Waals surface area contributed by atoms with Crippen molar-refractivity contribution in [3.63, 3.8) is 0 Å². The minimum Gasteiger partial charge on any atom is -0.319 e. The molecule has 0 amide bonds. The van der Waals surface area contributed by atoms with E-state index in [0.29, 0.717) is 6.54 Å². The van der Waals surface area contributed by atoms with Gasteiger partial charge in [0.25, 0.3) is 0 Å². The Balaban J connectivity index is 2.84. The van der Waals surface area contributed by atoms with Gasteiger partial charge in [-0.25, -0.2) is 4.39 Å². The van der Waals surface area contributed by atoms with Crippen LogP contribution in [0.1, 0.15) is 17.3 Å². The molecule has 0 spiro atoms. The largest absolute Gasteiger partial charge is 0.319 e. The van der Waals surface area contributed by atoms with E-state index in [0.717, 1.165) is 0 Å². The van der Waals surface area contributed by atoms with Crippen molar-refractivity contribution in [1.29, 1.82) is 0 Å². The summed E-state index contributed by atoms with van der Waals surface area (Å²) >= 11 is 0. The van der Waals surface area contributed by atoms with E-state index in [1.165, 1.54) is 12.1 Å². The van der Waals surface area contributed by atoms with Crippen LogP contribution in [0.15, 0.2) is 24.3 Å². The molecule has 0 fully saturated rings. The summed E-state index contributed by atoms with van der Waals surface area (Å²) in [5.41, 5.74) is 0.176. The van der Waals surface area contributed by atoms with Gasteiger partial charge in [-0.2, -0.15) is 0 Å². The van der Waals surface area contributed by atoms with Crippen LogP contribution in [0, 0.1) is 11.7 Å². The monoisotopic (exact) mass is 195 g/mol. The third-order valence-corrected chi connectivity index (χ3v) is 2.10. The van der Waals surface area contributed by atoms with Gasteiger partial charge in [-0.1, -0.05) is 19.1 Å². The molecule has 1 aromatic rings. The zero-order valence-electron chi connectivity index (χ0n) is 8.38. The maximum atomic E-state index is 13.2. The van der Waals surface area contributed by atoms with Gasteiger partial charge in [-0.05, 0) is 19.2 Å². The van der Waals surface area contributed by atoms with E-state index in [9.17, 15) is 9.18 Å². The number of Topliss-reactive ketones (excluding diaryl/α,β-unsaturated/α-hetero) is 1. The lowest BCUT2D eigenvalue weighted by molar-refractivity contribution is 0.0926. The molecule has 0 heterocycles. The molecular weight excluding hydrogens is 181 g/mol. The van der Waals surface area contributed by atoms with Gasteiger partial charge in [0.15, 0.2) is 5.78 Å². The van der Waals surface area contributed by atoms with E-state index in [1.54, 1.807) is 26.1 Å². The standard InChI is InChI=1S/C11H14FNO/c1-8(7-13-2)11(14)9-5-3-4-6-10(9)12/h3-6,8,13H,7H2,1-2H3. The highest BCUT2D eigenvalue weighted by Gasteiger charge is 2.17. The molecule has 0 saturated heterocycles. The molecule has 0 aliphatic rings. The maximum Gasteiger partial charge on any atom is 0.169 e. The maximum absolute atomic E-state index is 13.2. The van der Waals surface area contributed by atoms with E-state index in [-0.39, 0.29) is 17.3 Å². The lowest BCUT2D eigenvalue weighted by Crippen LogP contribution is -2.24. The summed E-state index contributed by atoms with van der Waals surface area (Å²) in [6.07, 6.45) is 0. The molecule has 76 valence electrons. The fourth-order valence-corrected chi connectivity index (χ4v) is 1.33. The predicted molar refractivity (Wildman–Crippen MR) is 53.8 cm³/mol. The first kappa shape index (κ1) is 10.9. The molecule has 2 nitrogen and oxygen atoms in total. The van der Waals surface area contributed by atoms with Crippen molar-refractivity contribution < 1.29 is 9.18 Å². The molecule has 1 unspecified atom stereocenters. The predicted octanol–water partition coefficient (Wildman–Crippen LogP) is 1.86. The molecule has 0 saturated carbocycles. The van der Waals surface area contributed by atoms with Crippen LogP contribution in [-0.2, 0) is 0 Å². The summed E-state index contributed by atoms with van der Waals surface area (Å²) in [7, 11) is 1.77. The minimum atomic E-state index is -0.444. The minimum absolute atomic E-state index is 0.155. The summed E-state index contributed by atoms with van der Waals surface area (Å²) in [5, 5.41) is 2.89. The number of ketones is 1. The molecule has 1 N–H and O–H groups in total. The zero-order chi connectivity index (χ0) is 10.6. The van der Waals surface area contributed by atoms with Gasteiger partial charge in [0.1, 0.15) is 5.82 Å². The number of benzene rings is 1. The quantitative estimate of drug-likeness (QED) is 0.743. The summed E-state index contributed by atoms with van der Waals surface area (Å²) in [5.74, 6) is -0.796. The Morgan fingerprint density at radius 3 is 2.71 bits per heavy atom. The van der Waals surface area contributed by atoms with Crippen molar-refractivity contribution in [2.75, 3.05) is 13.6 Å². The van der Waals surface area contributed by atoms with Gasteiger partial charge in [0, 0.05) is 12.5 Å². The normalized spacial score (nSPS) is 12.5. The molecule has 14 heavy (non-hydrogen) atoms. The number of hydrogen-bond acceptors (Lipinski definition) is 2. The Morgan fingerprint density at radius 2 is 2.14 bits per heavy atom. The Morgan fingerprint density at radius 1 is 1.50 bits per heavy atom. The average Bonchev–Trinajstić information content (AvgIpc) is 2.18. The Kier molecular flexibility index (Phi) is 3.77. The topological polar surface area (TPSA) is 29.1 Å². The van der Waals surface area contributed by atoms with E-state index in [4.69, 9.17) is 0 Å². The summed E-state index contributed by atoms with van der Waals surface area (Å²) in [4.78, 5) is 11.7. The van der Waals surface area contributed by atoms with Crippen LogP contribution in [0.25, 0.3) is 0 Å². The van der Waals surface area contributed by atoms with Crippen LogP contribution < -0.4 is 5.32 Å². The molecule has 1 rings (SSSR count). The van der Waals surface area contributed by atoms with Crippen molar-refractivity contribution in [3.05, 3.63) is 35.6 Å². The second kappa shape index (κ2) is 4.86. The van der Waals surface area contributed by atoms with Crippen molar-refractivity contribution >= 4 is 5.78 Å². The number of rotatable bonds is 4. The van der Waals surface area contributed by atoms with Crippen molar-refractivity contribution in [1.82, 2.24) is 5.32 Å². The number of nitrogens with one attached hydrogen (secondary N) is 1. The first-order valence-electron chi connectivity index (χ1n) is 4.60. The van der Waals surface area contributed by atoms with E-state index in [1.807, 2.05) is 0 Å². The smallest absolute Gasteiger partial charge is 0.169 e. The van der Waals surface area contributed by atoms with Gasteiger partial charge in [0.05, 0.1) is 5.56 Å². The third-order valence-electron chi connectivity index (χ3n) is 2.10. The van der Waals surface area contributed by atoms with Crippen LogP contribution in [0.2, 0.25) is 0 Å². The van der Waals surface area contributed by atoms with Gasteiger partial charge < -0.3 is 5.32 Å². The fourth-order valence-electron chi connectivity index (χ4n) is 1.33. The molecule has 1 aromatic carbocycles. The molecule has 1 atom stereocenters. The fraction of sp³-hybridized carbons (Fsp3) is 0.364. The van der Waals surface area contributed by atoms with Crippen molar-refractivity contribution in [2.45, 2.75) is 6.92 Å². The Bertz CT molecular complexity index is 325. The number of carbonyl (C=O) groups excluding carboxylic acids is 1. The third kappa shape index (κ3) is 2.39. The average molecular weight is 195 g/mol. The lowest BCUT2D eigenvalue weighted by Gasteiger charge is -2.09. The van der Waals surface area contributed by atoms with E-state index >= 15 is 0 Å². The van der Waals surface area contributed by atoms with E-state index in [2.05, 4.69) is 5.32 Å². The number of carbonyl (C=O) groups is 1. The van der Waals surface area contributed by atoms with Gasteiger partial charge in [0.2, 0.25) is 0 Å². The van der Waals surface area contributed by atoms with Crippen molar-refractivity contribution in [3.8, 4) is 0 Å². The molecular formula is C11H14FNO. The Labute approximate surface area is 83.1 Å². The van der Waals surface area contributed by atoms with Gasteiger partial charge >= 0.3 is 0 Å².